The molecule has 1 aromatic carbocycles. The van der Waals surface area contributed by atoms with Crippen molar-refractivity contribution in [2.24, 2.45) is 0 Å². The molecule has 2 rings (SSSR count). The molecule has 0 amide bonds. The Morgan fingerprint density at radius 1 is 1.04 bits per heavy atom. The third-order valence-corrected chi connectivity index (χ3v) is 3.53. The monoisotopic (exact) mass is 407 g/mol. The molecule has 152 valence electrons. The highest BCUT2D eigenvalue weighted by atomic mass is 19.4. The number of esters is 1. The maximum Gasteiger partial charge on any atom is 0.416 e. The lowest BCUT2D eigenvalue weighted by atomic mass is 10.0. The molecule has 0 N–H and O–H groups in total. The number of benzene rings is 1. The molecule has 0 unspecified atom stereocenters. The first-order valence-corrected chi connectivity index (χ1v) is 7.86. The second-order valence-corrected chi connectivity index (χ2v) is 5.84. The summed E-state index contributed by atoms with van der Waals surface area (Å²) in [5.41, 5.74) is -3.53. The third-order valence-electron chi connectivity index (χ3n) is 3.53. The Balaban J connectivity index is 2.67. The number of alkyl halides is 6. The molecule has 0 atom stereocenters. The highest BCUT2D eigenvalue weighted by Crippen LogP contribution is 2.38. The molecular weight excluding hydrogens is 392 g/mol. The molecule has 0 saturated carbocycles. The second-order valence-electron chi connectivity index (χ2n) is 5.84. The maximum absolute atomic E-state index is 13.0. The van der Waals surface area contributed by atoms with Gasteiger partial charge in [0, 0.05) is 25.9 Å². The normalized spacial score (nSPS) is 12.0. The van der Waals surface area contributed by atoms with E-state index in [-0.39, 0.29) is 24.1 Å². The third kappa shape index (κ3) is 4.70. The van der Waals surface area contributed by atoms with Gasteiger partial charge in [0.05, 0.1) is 17.7 Å². The van der Waals surface area contributed by atoms with Crippen LogP contribution in [0.2, 0.25) is 0 Å². The Kier molecular flexibility index (Phi) is 5.86. The molecule has 0 bridgehead atoms. The van der Waals surface area contributed by atoms with Gasteiger partial charge in [0.1, 0.15) is 11.4 Å². The van der Waals surface area contributed by atoms with Gasteiger partial charge in [-0.25, -0.2) is 14.8 Å². The zero-order valence-electron chi connectivity index (χ0n) is 14.9. The minimum Gasteiger partial charge on any atom is -0.462 e. The first-order chi connectivity index (χ1) is 12.8. The summed E-state index contributed by atoms with van der Waals surface area (Å²) in [5, 5.41) is 0. The molecular formula is C17H15F6N3O2. The van der Waals surface area contributed by atoms with E-state index in [1.165, 1.54) is 19.0 Å². The zero-order valence-corrected chi connectivity index (χ0v) is 14.9. The molecule has 0 fully saturated rings. The zero-order chi connectivity index (χ0) is 21.3. The molecule has 0 spiro atoms. The van der Waals surface area contributed by atoms with Crippen molar-refractivity contribution in [3.63, 3.8) is 0 Å². The summed E-state index contributed by atoms with van der Waals surface area (Å²) >= 11 is 0. The van der Waals surface area contributed by atoms with Gasteiger partial charge in [-0.2, -0.15) is 26.3 Å². The predicted octanol–water partition coefficient (Wildman–Crippen LogP) is 4.42. The smallest absolute Gasteiger partial charge is 0.416 e. The molecule has 5 nitrogen and oxygen atoms in total. The van der Waals surface area contributed by atoms with E-state index in [0.29, 0.717) is 12.1 Å². The van der Waals surface area contributed by atoms with Crippen LogP contribution in [-0.4, -0.2) is 36.6 Å². The number of carbonyl (C=O) groups is 1. The van der Waals surface area contributed by atoms with Crippen LogP contribution >= 0.6 is 0 Å². The van der Waals surface area contributed by atoms with Gasteiger partial charge in [-0.15, -0.1) is 0 Å². The molecule has 0 radical (unpaired) electrons. The van der Waals surface area contributed by atoms with Gasteiger partial charge in [-0.05, 0) is 25.1 Å². The lowest BCUT2D eigenvalue weighted by Gasteiger charge is -2.17. The van der Waals surface area contributed by atoms with Crippen molar-refractivity contribution in [1.82, 2.24) is 9.97 Å². The lowest BCUT2D eigenvalue weighted by Crippen LogP contribution is -2.18. The van der Waals surface area contributed by atoms with Gasteiger partial charge in [0.2, 0.25) is 0 Å². The summed E-state index contributed by atoms with van der Waals surface area (Å²) in [5.74, 6) is -1.17. The number of carbonyl (C=O) groups excluding carboxylic acids is 1. The van der Waals surface area contributed by atoms with Crippen molar-refractivity contribution in [2.45, 2.75) is 19.3 Å². The largest absolute Gasteiger partial charge is 0.462 e. The van der Waals surface area contributed by atoms with Crippen LogP contribution in [0.25, 0.3) is 11.4 Å². The van der Waals surface area contributed by atoms with Crippen LogP contribution in [0, 0.1) is 0 Å². The summed E-state index contributed by atoms with van der Waals surface area (Å²) < 4.78 is 83.1. The maximum atomic E-state index is 13.0. The van der Waals surface area contributed by atoms with E-state index in [1.807, 2.05) is 0 Å². The average molecular weight is 407 g/mol. The van der Waals surface area contributed by atoms with Crippen LogP contribution in [0.5, 0.6) is 0 Å². The standard InChI is InChI=1S/C17H15F6N3O2/c1-4-28-15(27)12-8-24-13(25-14(12)26(2)3)9-5-10(16(18,19)20)7-11(6-9)17(21,22)23/h5-8H,4H2,1-3H3. The Bertz CT molecular complexity index is 846. The van der Waals surface area contributed by atoms with Crippen molar-refractivity contribution >= 4 is 11.8 Å². The van der Waals surface area contributed by atoms with Crippen molar-refractivity contribution in [3.05, 3.63) is 41.1 Å². The van der Waals surface area contributed by atoms with Crippen LogP contribution in [0.1, 0.15) is 28.4 Å². The van der Waals surface area contributed by atoms with Crippen LogP contribution in [0.4, 0.5) is 32.2 Å². The molecule has 1 heterocycles. The topological polar surface area (TPSA) is 55.3 Å². The summed E-state index contributed by atoms with van der Waals surface area (Å²) in [6.07, 6.45) is -8.99. The number of rotatable bonds is 4. The lowest BCUT2D eigenvalue weighted by molar-refractivity contribution is -0.143. The molecule has 11 heteroatoms. The Morgan fingerprint density at radius 2 is 1.57 bits per heavy atom. The van der Waals surface area contributed by atoms with Gasteiger partial charge in [-0.3, -0.25) is 0 Å². The van der Waals surface area contributed by atoms with Gasteiger partial charge in [-0.1, -0.05) is 0 Å². The minimum atomic E-state index is -4.99. The van der Waals surface area contributed by atoms with Crippen molar-refractivity contribution in [1.29, 1.82) is 0 Å². The van der Waals surface area contributed by atoms with Gasteiger partial charge < -0.3 is 9.64 Å². The van der Waals surface area contributed by atoms with Crippen molar-refractivity contribution in [3.8, 4) is 11.4 Å². The number of anilines is 1. The number of aromatic nitrogens is 2. The SMILES string of the molecule is CCOC(=O)c1cnc(-c2cc(C(F)(F)F)cc(C(F)(F)F)c2)nc1N(C)C. The van der Waals surface area contributed by atoms with Crippen LogP contribution in [-0.2, 0) is 17.1 Å². The summed E-state index contributed by atoms with van der Waals surface area (Å²) in [6.45, 7) is 1.64. The van der Waals surface area contributed by atoms with E-state index >= 15 is 0 Å². The Morgan fingerprint density at radius 3 is 2.00 bits per heavy atom. The fraction of sp³-hybridized carbons (Fsp3) is 0.353. The highest BCUT2D eigenvalue weighted by molar-refractivity contribution is 5.94. The number of hydrogen-bond acceptors (Lipinski definition) is 5. The van der Waals surface area contributed by atoms with E-state index in [9.17, 15) is 31.1 Å². The highest BCUT2D eigenvalue weighted by Gasteiger charge is 2.37. The average Bonchev–Trinajstić information content (AvgIpc) is 2.59. The van der Waals surface area contributed by atoms with Crippen molar-refractivity contribution in [2.75, 3.05) is 25.6 Å². The summed E-state index contributed by atoms with van der Waals surface area (Å²) in [6, 6.07) is 1.06. The predicted molar refractivity (Wildman–Crippen MR) is 87.8 cm³/mol. The second kappa shape index (κ2) is 7.64. The van der Waals surface area contributed by atoms with Crippen LogP contribution in [0.3, 0.4) is 0 Å². The van der Waals surface area contributed by atoms with E-state index in [4.69, 9.17) is 4.74 Å². The van der Waals surface area contributed by atoms with Crippen molar-refractivity contribution < 1.29 is 35.9 Å². The number of nitrogens with zero attached hydrogens (tertiary/aromatic N) is 3. The number of halogens is 6. The van der Waals surface area contributed by atoms with Gasteiger partial charge >= 0.3 is 18.3 Å². The Hall–Kier alpha value is -2.85. The molecule has 0 saturated heterocycles. The Labute approximate surface area is 156 Å². The molecule has 28 heavy (non-hydrogen) atoms. The first kappa shape index (κ1) is 21.5. The van der Waals surface area contributed by atoms with Crippen LogP contribution < -0.4 is 4.90 Å². The molecule has 0 aliphatic rings. The van der Waals surface area contributed by atoms with E-state index in [2.05, 4.69) is 9.97 Å². The van der Waals surface area contributed by atoms with Gasteiger partial charge in [0.25, 0.3) is 0 Å². The van der Waals surface area contributed by atoms with E-state index < -0.39 is 40.8 Å². The van der Waals surface area contributed by atoms with E-state index in [1.54, 1.807) is 6.92 Å². The molecule has 0 aliphatic carbocycles. The quantitative estimate of drug-likeness (QED) is 0.555. The fourth-order valence-electron chi connectivity index (χ4n) is 2.29. The van der Waals surface area contributed by atoms with E-state index in [0.717, 1.165) is 6.20 Å². The van der Waals surface area contributed by atoms with Crippen LogP contribution in [0.15, 0.2) is 24.4 Å². The number of hydrogen-bond donors (Lipinski definition) is 0. The fourth-order valence-corrected chi connectivity index (χ4v) is 2.29. The first-order valence-electron chi connectivity index (χ1n) is 7.86. The minimum absolute atomic E-state index is 0.00517. The summed E-state index contributed by atoms with van der Waals surface area (Å²) in [7, 11) is 3.00. The molecule has 2 aromatic rings. The number of ether oxygens (including phenoxy) is 1. The molecule has 0 aliphatic heterocycles. The van der Waals surface area contributed by atoms with Gasteiger partial charge in [0.15, 0.2) is 5.82 Å². The summed E-state index contributed by atoms with van der Waals surface area (Å²) in [4.78, 5) is 21.1. The molecule has 1 aromatic heterocycles.